The van der Waals surface area contributed by atoms with Gasteiger partial charge in [-0.3, -0.25) is 0 Å². The van der Waals surface area contributed by atoms with Gasteiger partial charge in [0.2, 0.25) is 0 Å². The third kappa shape index (κ3) is 3.72. The molecule has 0 aliphatic carbocycles. The van der Waals surface area contributed by atoms with E-state index in [2.05, 4.69) is 4.90 Å². The minimum atomic E-state index is -0.421. The Morgan fingerprint density at radius 1 is 1.05 bits per heavy atom. The molecule has 1 atom stereocenters. The lowest BCUT2D eigenvalue weighted by molar-refractivity contribution is 0.199. The number of aliphatic hydroxyl groups excluding tert-OH is 1. The number of hydrogen-bond acceptors (Lipinski definition) is 2. The van der Waals surface area contributed by atoms with Crippen LogP contribution in [-0.2, 0) is 6.54 Å². The summed E-state index contributed by atoms with van der Waals surface area (Å²) >= 11 is 5.87. The van der Waals surface area contributed by atoms with Crippen LogP contribution in [0.4, 0.5) is 5.69 Å². The predicted octanol–water partition coefficient (Wildman–Crippen LogP) is 4.03. The molecule has 0 aliphatic heterocycles. The molecule has 0 aromatic heterocycles. The Kier molecular flexibility index (Phi) is 4.46. The van der Waals surface area contributed by atoms with E-state index in [1.54, 1.807) is 6.92 Å². The molecule has 0 bridgehead atoms. The van der Waals surface area contributed by atoms with Gasteiger partial charge in [-0.05, 0) is 42.3 Å². The van der Waals surface area contributed by atoms with E-state index in [0.29, 0.717) is 0 Å². The number of nitrogens with zero attached hydrogens (tertiary/aromatic N) is 1. The molecule has 19 heavy (non-hydrogen) atoms. The second kappa shape index (κ2) is 6.09. The molecule has 0 radical (unpaired) electrons. The van der Waals surface area contributed by atoms with Gasteiger partial charge in [-0.1, -0.05) is 35.9 Å². The van der Waals surface area contributed by atoms with Crippen molar-refractivity contribution < 1.29 is 5.11 Å². The smallest absolute Gasteiger partial charge is 0.0761 e. The fourth-order valence-corrected chi connectivity index (χ4v) is 2.09. The van der Waals surface area contributed by atoms with Crippen molar-refractivity contribution in [2.24, 2.45) is 0 Å². The molecule has 0 spiro atoms. The summed E-state index contributed by atoms with van der Waals surface area (Å²) < 4.78 is 0. The summed E-state index contributed by atoms with van der Waals surface area (Å²) in [5, 5.41) is 10.2. The molecule has 0 saturated carbocycles. The van der Waals surface area contributed by atoms with Gasteiger partial charge in [-0.2, -0.15) is 0 Å². The summed E-state index contributed by atoms with van der Waals surface area (Å²) in [6, 6.07) is 15.8. The van der Waals surface area contributed by atoms with Gasteiger partial charge < -0.3 is 10.0 Å². The number of hydrogen-bond donors (Lipinski definition) is 1. The van der Waals surface area contributed by atoms with Crippen LogP contribution in [-0.4, -0.2) is 12.2 Å². The highest BCUT2D eigenvalue weighted by Crippen LogP contribution is 2.20. The molecular formula is C16H18ClNO. The molecule has 100 valence electrons. The van der Waals surface area contributed by atoms with E-state index in [1.807, 2.05) is 55.6 Å². The van der Waals surface area contributed by atoms with Crippen molar-refractivity contribution in [2.45, 2.75) is 19.6 Å². The highest BCUT2D eigenvalue weighted by molar-refractivity contribution is 6.30. The second-order valence-electron chi connectivity index (χ2n) is 4.75. The third-order valence-corrected chi connectivity index (χ3v) is 3.40. The summed E-state index contributed by atoms with van der Waals surface area (Å²) in [6.45, 7) is 2.59. The van der Waals surface area contributed by atoms with Crippen LogP contribution < -0.4 is 4.90 Å². The number of benzene rings is 2. The van der Waals surface area contributed by atoms with Crippen LogP contribution in [0, 0.1) is 0 Å². The van der Waals surface area contributed by atoms with Gasteiger partial charge >= 0.3 is 0 Å². The van der Waals surface area contributed by atoms with Crippen molar-refractivity contribution in [3.8, 4) is 0 Å². The minimum absolute atomic E-state index is 0.421. The monoisotopic (exact) mass is 275 g/mol. The lowest BCUT2D eigenvalue weighted by Gasteiger charge is -2.20. The van der Waals surface area contributed by atoms with Crippen LogP contribution >= 0.6 is 11.6 Å². The normalized spacial score (nSPS) is 12.2. The first kappa shape index (κ1) is 13.9. The summed E-state index contributed by atoms with van der Waals surface area (Å²) in [5.74, 6) is 0. The zero-order valence-corrected chi connectivity index (χ0v) is 11.9. The summed E-state index contributed by atoms with van der Waals surface area (Å²) in [5.41, 5.74) is 3.27. The van der Waals surface area contributed by atoms with Crippen molar-refractivity contribution in [3.63, 3.8) is 0 Å². The molecule has 0 saturated heterocycles. The molecule has 2 rings (SSSR count). The maximum absolute atomic E-state index is 9.49. The molecule has 1 N–H and O–H groups in total. The van der Waals surface area contributed by atoms with E-state index < -0.39 is 6.10 Å². The van der Waals surface area contributed by atoms with Crippen LogP contribution in [0.15, 0.2) is 48.5 Å². The predicted molar refractivity (Wildman–Crippen MR) is 80.6 cm³/mol. The molecule has 0 unspecified atom stereocenters. The highest BCUT2D eigenvalue weighted by Gasteiger charge is 2.04. The first-order chi connectivity index (χ1) is 9.06. The summed E-state index contributed by atoms with van der Waals surface area (Å²) in [4.78, 5) is 2.16. The van der Waals surface area contributed by atoms with Gasteiger partial charge in [0.25, 0.3) is 0 Å². The Morgan fingerprint density at radius 3 is 2.16 bits per heavy atom. The van der Waals surface area contributed by atoms with Gasteiger partial charge in [0, 0.05) is 24.3 Å². The number of halogens is 1. The van der Waals surface area contributed by atoms with Crippen LogP contribution in [0.25, 0.3) is 0 Å². The van der Waals surface area contributed by atoms with Crippen LogP contribution in [0.1, 0.15) is 24.2 Å². The Labute approximate surface area is 119 Å². The largest absolute Gasteiger partial charge is 0.389 e. The van der Waals surface area contributed by atoms with Gasteiger partial charge in [0.1, 0.15) is 0 Å². The second-order valence-corrected chi connectivity index (χ2v) is 5.19. The van der Waals surface area contributed by atoms with E-state index in [4.69, 9.17) is 11.6 Å². The molecule has 0 amide bonds. The lowest BCUT2D eigenvalue weighted by atomic mass is 10.1. The standard InChI is InChI=1S/C16H18ClNO/c1-12(19)14-5-9-16(10-6-14)18(2)11-13-3-7-15(17)8-4-13/h3-10,12,19H,11H2,1-2H3/t12-/m1/s1. The molecule has 2 nitrogen and oxygen atoms in total. The van der Waals surface area contributed by atoms with Crippen molar-refractivity contribution in [2.75, 3.05) is 11.9 Å². The Bertz CT molecular complexity index is 519. The van der Waals surface area contributed by atoms with Gasteiger partial charge in [0.05, 0.1) is 6.10 Å². The minimum Gasteiger partial charge on any atom is -0.389 e. The Balaban J connectivity index is 2.07. The van der Waals surface area contributed by atoms with Gasteiger partial charge in [-0.15, -0.1) is 0 Å². The van der Waals surface area contributed by atoms with Crippen LogP contribution in [0.3, 0.4) is 0 Å². The van der Waals surface area contributed by atoms with Crippen molar-refractivity contribution in [1.82, 2.24) is 0 Å². The quantitative estimate of drug-likeness (QED) is 0.911. The van der Waals surface area contributed by atoms with E-state index in [1.165, 1.54) is 5.56 Å². The zero-order chi connectivity index (χ0) is 13.8. The SMILES string of the molecule is C[C@@H](O)c1ccc(N(C)Cc2ccc(Cl)cc2)cc1. The number of anilines is 1. The maximum atomic E-state index is 9.49. The highest BCUT2D eigenvalue weighted by atomic mass is 35.5. The third-order valence-electron chi connectivity index (χ3n) is 3.15. The van der Waals surface area contributed by atoms with Crippen LogP contribution in [0.5, 0.6) is 0 Å². The first-order valence-corrected chi connectivity index (χ1v) is 6.67. The fourth-order valence-electron chi connectivity index (χ4n) is 1.96. The van der Waals surface area contributed by atoms with Crippen LogP contribution in [0.2, 0.25) is 5.02 Å². The van der Waals surface area contributed by atoms with Crippen molar-refractivity contribution >= 4 is 17.3 Å². The number of rotatable bonds is 4. The lowest BCUT2D eigenvalue weighted by Crippen LogP contribution is -2.16. The van der Waals surface area contributed by atoms with Gasteiger partial charge in [-0.25, -0.2) is 0 Å². The van der Waals surface area contributed by atoms with Gasteiger partial charge in [0.15, 0.2) is 0 Å². The fraction of sp³-hybridized carbons (Fsp3) is 0.250. The molecule has 2 aromatic carbocycles. The zero-order valence-electron chi connectivity index (χ0n) is 11.2. The summed E-state index contributed by atoms with van der Waals surface area (Å²) in [7, 11) is 2.05. The van der Waals surface area contributed by atoms with Crippen molar-refractivity contribution in [3.05, 3.63) is 64.7 Å². The molecule has 0 aliphatic rings. The molecule has 3 heteroatoms. The Hall–Kier alpha value is -1.51. The molecule has 0 heterocycles. The first-order valence-electron chi connectivity index (χ1n) is 6.30. The van der Waals surface area contributed by atoms with E-state index in [-0.39, 0.29) is 0 Å². The molecule has 0 fully saturated rings. The average Bonchev–Trinajstić information content (AvgIpc) is 2.41. The average molecular weight is 276 g/mol. The number of aliphatic hydroxyl groups is 1. The summed E-state index contributed by atoms with van der Waals surface area (Å²) in [6.07, 6.45) is -0.421. The van der Waals surface area contributed by atoms with E-state index in [9.17, 15) is 5.11 Å². The topological polar surface area (TPSA) is 23.5 Å². The molecular weight excluding hydrogens is 258 g/mol. The Morgan fingerprint density at radius 2 is 1.63 bits per heavy atom. The van der Waals surface area contributed by atoms with Crippen molar-refractivity contribution in [1.29, 1.82) is 0 Å². The molecule has 2 aromatic rings. The maximum Gasteiger partial charge on any atom is 0.0761 e. The van der Waals surface area contributed by atoms with E-state index in [0.717, 1.165) is 22.8 Å². The van der Waals surface area contributed by atoms with E-state index >= 15 is 0 Å².